The van der Waals surface area contributed by atoms with E-state index in [-0.39, 0.29) is 48.7 Å². The van der Waals surface area contributed by atoms with E-state index < -0.39 is 11.7 Å². The first-order valence-electron chi connectivity index (χ1n) is 7.56. The molecule has 0 spiro atoms. The maximum absolute atomic E-state index is 12.9. The zero-order valence-corrected chi connectivity index (χ0v) is 13.6. The van der Waals surface area contributed by atoms with Gasteiger partial charge in [0.25, 0.3) is 0 Å². The Morgan fingerprint density at radius 2 is 1.96 bits per heavy atom. The fourth-order valence-electron chi connectivity index (χ4n) is 3.13. The Balaban J connectivity index is 0.00000264. The molecule has 130 valence electrons. The van der Waals surface area contributed by atoms with Gasteiger partial charge in [0, 0.05) is 12.5 Å². The van der Waals surface area contributed by atoms with Crippen LogP contribution in [-0.4, -0.2) is 19.0 Å². The van der Waals surface area contributed by atoms with Gasteiger partial charge in [-0.05, 0) is 43.4 Å². The van der Waals surface area contributed by atoms with Crippen LogP contribution in [0.3, 0.4) is 0 Å². The molecule has 2 rings (SSSR count). The summed E-state index contributed by atoms with van der Waals surface area (Å²) in [5.74, 6) is 0.0164. The lowest BCUT2D eigenvalue weighted by Crippen LogP contribution is -2.36. The molecule has 2 atom stereocenters. The number of hydrogen-bond acceptors (Lipinski definition) is 2. The molecule has 0 radical (unpaired) electrons. The standard InChI is InChI=1S/C16H21F3N2O.ClH/c17-16(18,19)14-7-2-1-4-11(14)8-9-21-15(22)13-6-3-5-12(13)10-20;/h1-2,4,7,12-13H,3,5-6,8-10,20H2,(H,21,22);1H/t12-,13-;/m1./s1. The lowest BCUT2D eigenvalue weighted by atomic mass is 9.95. The molecular weight excluding hydrogens is 329 g/mol. The van der Waals surface area contributed by atoms with Crippen LogP contribution in [0.25, 0.3) is 0 Å². The molecule has 0 bridgehead atoms. The summed E-state index contributed by atoms with van der Waals surface area (Å²) < 4.78 is 38.6. The van der Waals surface area contributed by atoms with Crippen LogP contribution in [0, 0.1) is 11.8 Å². The van der Waals surface area contributed by atoms with E-state index in [2.05, 4.69) is 5.32 Å². The summed E-state index contributed by atoms with van der Waals surface area (Å²) in [6, 6.07) is 5.47. The molecule has 1 aliphatic rings. The van der Waals surface area contributed by atoms with Crippen molar-refractivity contribution in [2.24, 2.45) is 17.6 Å². The molecule has 23 heavy (non-hydrogen) atoms. The average molecular weight is 351 g/mol. The highest BCUT2D eigenvalue weighted by molar-refractivity contribution is 5.85. The van der Waals surface area contributed by atoms with Crippen LogP contribution in [0.5, 0.6) is 0 Å². The Kier molecular flexibility index (Phi) is 7.35. The maximum Gasteiger partial charge on any atom is 0.416 e. The Morgan fingerprint density at radius 1 is 1.26 bits per heavy atom. The Morgan fingerprint density at radius 3 is 2.61 bits per heavy atom. The predicted molar refractivity (Wildman–Crippen MR) is 85.3 cm³/mol. The largest absolute Gasteiger partial charge is 0.416 e. The highest BCUT2D eigenvalue weighted by Crippen LogP contribution is 2.32. The van der Waals surface area contributed by atoms with E-state index in [9.17, 15) is 18.0 Å². The van der Waals surface area contributed by atoms with E-state index in [1.54, 1.807) is 6.07 Å². The van der Waals surface area contributed by atoms with Crippen LogP contribution in [-0.2, 0) is 17.4 Å². The second-order valence-corrected chi connectivity index (χ2v) is 5.73. The first-order chi connectivity index (χ1) is 10.4. The average Bonchev–Trinajstić information content (AvgIpc) is 2.95. The molecule has 1 amide bonds. The number of carbonyl (C=O) groups is 1. The van der Waals surface area contributed by atoms with Crippen LogP contribution in [0.4, 0.5) is 13.2 Å². The van der Waals surface area contributed by atoms with Gasteiger partial charge in [-0.25, -0.2) is 0 Å². The summed E-state index contributed by atoms with van der Waals surface area (Å²) in [6.45, 7) is 0.689. The van der Waals surface area contributed by atoms with Crippen molar-refractivity contribution in [3.05, 3.63) is 35.4 Å². The quantitative estimate of drug-likeness (QED) is 0.857. The fourth-order valence-corrected chi connectivity index (χ4v) is 3.13. The third-order valence-electron chi connectivity index (χ3n) is 4.31. The number of nitrogens with one attached hydrogen (secondary N) is 1. The third kappa shape index (κ3) is 5.11. The summed E-state index contributed by atoms with van der Waals surface area (Å²) in [5.41, 5.74) is 5.22. The van der Waals surface area contributed by atoms with E-state index in [4.69, 9.17) is 5.73 Å². The third-order valence-corrected chi connectivity index (χ3v) is 4.31. The molecule has 0 unspecified atom stereocenters. The molecule has 0 aromatic heterocycles. The highest BCUT2D eigenvalue weighted by Gasteiger charge is 2.33. The number of alkyl halides is 3. The molecule has 1 aromatic carbocycles. The Labute approximate surface area is 140 Å². The topological polar surface area (TPSA) is 55.1 Å². The number of nitrogens with two attached hydrogens (primary N) is 1. The zero-order chi connectivity index (χ0) is 16.2. The Hall–Kier alpha value is -1.27. The van der Waals surface area contributed by atoms with Crippen molar-refractivity contribution in [3.8, 4) is 0 Å². The molecule has 3 nitrogen and oxygen atoms in total. The summed E-state index contributed by atoms with van der Waals surface area (Å²) in [6.07, 6.45) is -1.45. The molecular formula is C16H22ClF3N2O. The number of rotatable bonds is 5. The van der Waals surface area contributed by atoms with Crippen molar-refractivity contribution >= 4 is 18.3 Å². The van der Waals surface area contributed by atoms with Gasteiger partial charge in [0.05, 0.1) is 5.56 Å². The molecule has 1 saturated carbocycles. The van der Waals surface area contributed by atoms with E-state index in [0.717, 1.165) is 25.3 Å². The van der Waals surface area contributed by atoms with E-state index in [0.29, 0.717) is 6.54 Å². The van der Waals surface area contributed by atoms with Gasteiger partial charge in [0.2, 0.25) is 5.91 Å². The Bertz CT molecular complexity index is 522. The first-order valence-corrected chi connectivity index (χ1v) is 7.56. The summed E-state index contributed by atoms with van der Waals surface area (Å²) >= 11 is 0. The highest BCUT2D eigenvalue weighted by atomic mass is 35.5. The van der Waals surface area contributed by atoms with Gasteiger partial charge in [-0.15, -0.1) is 12.4 Å². The maximum atomic E-state index is 12.9. The predicted octanol–water partition coefficient (Wildman–Crippen LogP) is 3.16. The van der Waals surface area contributed by atoms with Crippen molar-refractivity contribution in [2.45, 2.75) is 31.9 Å². The minimum atomic E-state index is -4.36. The van der Waals surface area contributed by atoms with Gasteiger partial charge in [-0.3, -0.25) is 4.79 Å². The molecule has 1 fully saturated rings. The number of carbonyl (C=O) groups excluding carboxylic acids is 1. The van der Waals surface area contributed by atoms with E-state index >= 15 is 0 Å². The van der Waals surface area contributed by atoms with Gasteiger partial charge in [0.1, 0.15) is 0 Å². The van der Waals surface area contributed by atoms with Crippen molar-refractivity contribution in [2.75, 3.05) is 13.1 Å². The van der Waals surface area contributed by atoms with E-state index in [1.165, 1.54) is 12.1 Å². The molecule has 0 heterocycles. The van der Waals surface area contributed by atoms with Crippen molar-refractivity contribution in [1.82, 2.24) is 5.32 Å². The van der Waals surface area contributed by atoms with Crippen LogP contribution in [0.15, 0.2) is 24.3 Å². The van der Waals surface area contributed by atoms with Crippen LogP contribution < -0.4 is 11.1 Å². The van der Waals surface area contributed by atoms with Gasteiger partial charge in [-0.2, -0.15) is 13.2 Å². The lowest BCUT2D eigenvalue weighted by molar-refractivity contribution is -0.138. The molecule has 0 aliphatic heterocycles. The molecule has 0 saturated heterocycles. The monoisotopic (exact) mass is 350 g/mol. The summed E-state index contributed by atoms with van der Waals surface area (Å²) in [4.78, 5) is 12.1. The SMILES string of the molecule is Cl.NC[C@H]1CCC[C@H]1C(=O)NCCc1ccccc1C(F)(F)F. The smallest absolute Gasteiger partial charge is 0.356 e. The van der Waals surface area contributed by atoms with Crippen molar-refractivity contribution in [3.63, 3.8) is 0 Å². The number of benzene rings is 1. The minimum Gasteiger partial charge on any atom is -0.356 e. The summed E-state index contributed by atoms with van der Waals surface area (Å²) in [5, 5.41) is 2.75. The molecule has 7 heteroatoms. The normalized spacial score (nSPS) is 20.9. The number of amides is 1. The minimum absolute atomic E-state index is 0. The van der Waals surface area contributed by atoms with Crippen LogP contribution >= 0.6 is 12.4 Å². The number of hydrogen-bond donors (Lipinski definition) is 2. The van der Waals surface area contributed by atoms with Crippen molar-refractivity contribution < 1.29 is 18.0 Å². The first kappa shape index (κ1) is 19.8. The van der Waals surface area contributed by atoms with E-state index in [1.807, 2.05) is 0 Å². The second-order valence-electron chi connectivity index (χ2n) is 5.73. The van der Waals surface area contributed by atoms with Crippen LogP contribution in [0.1, 0.15) is 30.4 Å². The molecule has 3 N–H and O–H groups in total. The van der Waals surface area contributed by atoms with Gasteiger partial charge in [-0.1, -0.05) is 24.6 Å². The van der Waals surface area contributed by atoms with Gasteiger partial charge < -0.3 is 11.1 Å². The van der Waals surface area contributed by atoms with Crippen LogP contribution in [0.2, 0.25) is 0 Å². The lowest BCUT2D eigenvalue weighted by Gasteiger charge is -2.18. The van der Waals surface area contributed by atoms with Gasteiger partial charge in [0.15, 0.2) is 0 Å². The van der Waals surface area contributed by atoms with Crippen molar-refractivity contribution in [1.29, 1.82) is 0 Å². The zero-order valence-electron chi connectivity index (χ0n) is 12.7. The molecule has 1 aromatic rings. The van der Waals surface area contributed by atoms with Gasteiger partial charge >= 0.3 is 6.18 Å². The molecule has 1 aliphatic carbocycles. The number of halogens is 4. The summed E-state index contributed by atoms with van der Waals surface area (Å²) in [7, 11) is 0. The second kappa shape index (κ2) is 8.55. The fraction of sp³-hybridized carbons (Fsp3) is 0.562.